The van der Waals surface area contributed by atoms with Gasteiger partial charge in [-0.3, -0.25) is 0 Å². The molecule has 0 heterocycles. The van der Waals surface area contributed by atoms with Gasteiger partial charge in [0.1, 0.15) is 22.9 Å². The Kier molecular flexibility index (Phi) is 12.2. The number of hydrogen-bond donors (Lipinski definition) is 0. The lowest BCUT2D eigenvalue weighted by Gasteiger charge is -2.43. The Bertz CT molecular complexity index is 1660. The van der Waals surface area contributed by atoms with Gasteiger partial charge in [0.05, 0.1) is 11.1 Å². The SMILES string of the molecule is CC(C)[CH2][Al]([O]c1c(C(F)(F)F)c(F)c(C(C(F)(F)F)(C(F)(F)F)C(F)(F)F)c(F)c1C(C(F)(F)F)(C(F)(F)F)C(F)(F)F)[c]1c(F)c(F)c(F)c(F)c1F. The second kappa shape index (κ2) is 14.0. The van der Waals surface area contributed by atoms with Crippen molar-refractivity contribution in [3.05, 3.63) is 57.4 Å². The van der Waals surface area contributed by atoms with Crippen LogP contribution in [0.5, 0.6) is 5.75 Å². The van der Waals surface area contributed by atoms with Crippen molar-refractivity contribution >= 4 is 18.9 Å². The van der Waals surface area contributed by atoms with Crippen molar-refractivity contribution in [3.8, 4) is 5.75 Å². The summed E-state index contributed by atoms with van der Waals surface area (Å²) >= 11 is -6.09. The van der Waals surface area contributed by atoms with Gasteiger partial charge in [0.25, 0.3) is 10.8 Å². The van der Waals surface area contributed by atoms with E-state index in [-0.39, 0.29) is 0 Å². The van der Waals surface area contributed by atoms with Crippen molar-refractivity contribution in [1.29, 1.82) is 0 Å². The van der Waals surface area contributed by atoms with E-state index in [1.54, 1.807) is 0 Å². The minimum Gasteiger partial charge on any atom is -0.639 e. The first kappa shape index (κ1) is 48.0. The maximum absolute atomic E-state index is 16.0. The Morgan fingerprint density at radius 1 is 0.400 bits per heavy atom. The molecule has 0 amide bonds. The van der Waals surface area contributed by atoms with Crippen LogP contribution in [0.2, 0.25) is 5.28 Å². The van der Waals surface area contributed by atoms with Crippen LogP contribution in [0.3, 0.4) is 0 Å². The summed E-state index contributed by atoms with van der Waals surface area (Å²) in [5.74, 6) is -33.6. The maximum atomic E-state index is 16.0. The Morgan fingerprint density at radius 3 is 0.945 bits per heavy atom. The Morgan fingerprint density at radius 2 is 0.673 bits per heavy atom. The molecule has 0 N–H and O–H groups in total. The van der Waals surface area contributed by atoms with Gasteiger partial charge in [0, 0.05) is 4.43 Å². The molecular weight excluding hydrogens is 875 g/mol. The molecule has 0 unspecified atom stereocenters. The second-order valence-corrected chi connectivity index (χ2v) is 13.5. The van der Waals surface area contributed by atoms with Crippen LogP contribution in [0.15, 0.2) is 0 Å². The molecule has 0 saturated carbocycles. The van der Waals surface area contributed by atoms with Crippen LogP contribution in [-0.2, 0) is 17.0 Å². The molecule has 0 fully saturated rings. The quantitative estimate of drug-likeness (QED) is 0.117. The molecule has 0 aromatic heterocycles. The summed E-state index contributed by atoms with van der Waals surface area (Å²) < 4.78 is 401. The zero-order valence-electron chi connectivity index (χ0n) is 25.4. The first-order valence-corrected chi connectivity index (χ1v) is 15.1. The summed E-state index contributed by atoms with van der Waals surface area (Å²) in [6, 6.07) is 0. The summed E-state index contributed by atoms with van der Waals surface area (Å²) in [6.45, 7) is 1.22. The van der Waals surface area contributed by atoms with Crippen LogP contribution in [0.25, 0.3) is 0 Å². The van der Waals surface area contributed by atoms with Crippen LogP contribution >= 0.6 is 0 Å². The van der Waals surface area contributed by atoms with Gasteiger partial charge in [0.15, 0.2) is 29.1 Å². The summed E-state index contributed by atoms with van der Waals surface area (Å²) in [5.41, 5.74) is -33.8. The maximum Gasteiger partial charge on any atom is 0.595 e. The van der Waals surface area contributed by atoms with Crippen molar-refractivity contribution in [2.45, 2.75) is 73.2 Å². The monoisotopic (exact) mass is 884 g/mol. The van der Waals surface area contributed by atoms with E-state index in [1.165, 1.54) is 0 Å². The lowest BCUT2D eigenvalue weighted by Crippen LogP contribution is -2.66. The zero-order valence-corrected chi connectivity index (χ0v) is 26.5. The largest absolute Gasteiger partial charge is 0.639 e. The summed E-state index contributed by atoms with van der Waals surface area (Å²) in [5, 5.41) is -1.84. The fraction of sp³-hybridized carbons (Fsp3) is 0.520. The fourth-order valence-corrected chi connectivity index (χ4v) is 7.87. The highest BCUT2D eigenvalue weighted by molar-refractivity contribution is 6.68. The van der Waals surface area contributed by atoms with E-state index in [1.807, 2.05) is 0 Å². The van der Waals surface area contributed by atoms with Crippen molar-refractivity contribution in [1.82, 2.24) is 0 Å². The van der Waals surface area contributed by atoms with E-state index in [9.17, 15) is 114 Å². The Labute approximate surface area is 288 Å². The number of alkyl halides is 21. The van der Waals surface area contributed by atoms with Gasteiger partial charge in [-0.25, -0.2) is 30.7 Å². The molecule has 1 nitrogen and oxygen atoms in total. The molecule has 2 aromatic rings. The standard InChI is InChI=1S/C15HF23O.C6F5.C4H9.Al/c16-4-1(7(10(21,22)23,11(24,25)26)12(27,28)29)5(17)3(9(18,19)20)6(39)2(4)8(13(30,31)32,14(33,34)35)15(36,37)38;7-2-1-3(8)5(10)6(11)4(2)9;1-4(2)3;/h39H;;4H,1H2,2-3H3;/q;;;+1/p-1. The Hall–Kier alpha value is -3.19. The average molecular weight is 884 g/mol. The summed E-state index contributed by atoms with van der Waals surface area (Å²) in [6.07, 6.45) is -60.2. The van der Waals surface area contributed by atoms with Crippen molar-refractivity contribution < 1.29 is 127 Å². The van der Waals surface area contributed by atoms with Gasteiger partial charge < -0.3 is 3.79 Å². The number of hydrogen-bond acceptors (Lipinski definition) is 1. The van der Waals surface area contributed by atoms with E-state index >= 15 is 8.78 Å². The predicted octanol–water partition coefficient (Wildman–Crippen LogP) is 11.5. The number of halogens is 28. The predicted molar refractivity (Wildman–Crippen MR) is 123 cm³/mol. The average Bonchev–Trinajstić information content (AvgIpc) is 2.89. The lowest BCUT2D eigenvalue weighted by atomic mass is 9.70. The van der Waals surface area contributed by atoms with Crippen molar-refractivity contribution in [2.75, 3.05) is 0 Å². The van der Waals surface area contributed by atoms with E-state index in [4.69, 9.17) is 0 Å². The smallest absolute Gasteiger partial charge is 0.595 e. The molecule has 0 saturated heterocycles. The third-order valence-electron chi connectivity index (χ3n) is 7.43. The normalized spacial score (nSPS) is 14.6. The van der Waals surface area contributed by atoms with Crippen LogP contribution in [0.4, 0.5) is 123 Å². The first-order valence-electron chi connectivity index (χ1n) is 13.2. The van der Waals surface area contributed by atoms with Crippen molar-refractivity contribution in [2.24, 2.45) is 5.92 Å². The molecular formula is C25H9AlF28O. The second-order valence-electron chi connectivity index (χ2n) is 11.3. The van der Waals surface area contributed by atoms with E-state index in [0.717, 1.165) is 0 Å². The molecule has 2 aromatic carbocycles. The molecule has 0 aliphatic rings. The minimum atomic E-state index is -8.82. The summed E-state index contributed by atoms with van der Waals surface area (Å²) in [7, 11) is 0. The van der Waals surface area contributed by atoms with Crippen LogP contribution in [-0.4, -0.2) is 51.5 Å². The molecule has 0 atom stereocenters. The van der Waals surface area contributed by atoms with E-state index in [2.05, 4.69) is 3.79 Å². The van der Waals surface area contributed by atoms with E-state index < -0.39 is 147 Å². The molecule has 0 spiro atoms. The first-order chi connectivity index (χ1) is 24.0. The van der Waals surface area contributed by atoms with Gasteiger partial charge in [0.2, 0.25) is 0 Å². The van der Waals surface area contributed by atoms with Crippen LogP contribution in [0.1, 0.15) is 30.5 Å². The van der Waals surface area contributed by atoms with Gasteiger partial charge in [-0.15, -0.1) is 0 Å². The highest BCUT2D eigenvalue weighted by atomic mass is 27.2. The molecule has 0 radical (unpaired) electrons. The van der Waals surface area contributed by atoms with Gasteiger partial charge >= 0.3 is 57.7 Å². The van der Waals surface area contributed by atoms with Gasteiger partial charge in [-0.1, -0.05) is 19.8 Å². The third-order valence-corrected chi connectivity index (χ3v) is 10.5. The summed E-state index contributed by atoms with van der Waals surface area (Å²) in [4.78, 5) is 0. The van der Waals surface area contributed by atoms with Crippen molar-refractivity contribution in [3.63, 3.8) is 0 Å². The highest BCUT2D eigenvalue weighted by Crippen LogP contribution is 2.68. The van der Waals surface area contributed by atoms with Crippen LogP contribution in [0, 0.1) is 46.6 Å². The molecule has 314 valence electrons. The highest BCUT2D eigenvalue weighted by Gasteiger charge is 2.89. The van der Waals surface area contributed by atoms with Crippen LogP contribution < -0.4 is 8.21 Å². The van der Waals surface area contributed by atoms with E-state index in [0.29, 0.717) is 13.8 Å². The molecule has 0 aliphatic carbocycles. The number of benzene rings is 2. The Balaban J connectivity index is 3.85. The molecule has 0 bridgehead atoms. The lowest BCUT2D eigenvalue weighted by molar-refractivity contribution is -0.390. The topological polar surface area (TPSA) is 9.23 Å². The molecule has 2 rings (SSSR count). The third kappa shape index (κ3) is 7.30. The molecule has 55 heavy (non-hydrogen) atoms. The number of rotatable bonds is 7. The molecule has 30 heteroatoms. The van der Waals surface area contributed by atoms with Gasteiger partial charge in [-0.2, -0.15) is 92.2 Å². The minimum absolute atomic E-state index is 0.612. The molecule has 0 aliphatic heterocycles. The van der Waals surface area contributed by atoms with Gasteiger partial charge in [-0.05, 0) is 5.28 Å². The fourth-order valence-electron chi connectivity index (χ4n) is 5.22. The zero-order chi connectivity index (χ0) is 44.0.